The van der Waals surface area contributed by atoms with E-state index in [1.165, 1.54) is 25.7 Å². The van der Waals surface area contributed by atoms with Crippen molar-refractivity contribution in [1.82, 2.24) is 4.90 Å². The van der Waals surface area contributed by atoms with Gasteiger partial charge in [-0.15, -0.1) is 0 Å². The quantitative estimate of drug-likeness (QED) is 0.572. The molecule has 1 aliphatic rings. The van der Waals surface area contributed by atoms with Gasteiger partial charge >= 0.3 is 0 Å². The number of hydrogen-bond acceptors (Lipinski definition) is 1. The molecule has 1 rings (SSSR count). The van der Waals surface area contributed by atoms with E-state index >= 15 is 0 Å². The van der Waals surface area contributed by atoms with Gasteiger partial charge in [-0.3, -0.25) is 4.99 Å². The standard InChI is InChI=1S/C12H25N3/c1-4-15(11-7-5-6-8-11)12(13)14-9-10(2)3/h10-11H,4-9H2,1-3H3,(H2,13,14). The minimum atomic E-state index is 0.589. The van der Waals surface area contributed by atoms with Crippen molar-refractivity contribution in [2.45, 2.75) is 52.5 Å². The third-order valence-electron chi connectivity index (χ3n) is 3.02. The van der Waals surface area contributed by atoms with Crippen LogP contribution in [0.25, 0.3) is 0 Å². The van der Waals surface area contributed by atoms with Crippen LogP contribution in [0.4, 0.5) is 0 Å². The zero-order valence-corrected chi connectivity index (χ0v) is 10.4. The van der Waals surface area contributed by atoms with E-state index in [1.54, 1.807) is 0 Å². The fraction of sp³-hybridized carbons (Fsp3) is 0.917. The average Bonchev–Trinajstić information content (AvgIpc) is 2.69. The zero-order valence-electron chi connectivity index (χ0n) is 10.4. The largest absolute Gasteiger partial charge is 0.370 e. The highest BCUT2D eigenvalue weighted by molar-refractivity contribution is 5.78. The highest BCUT2D eigenvalue weighted by Crippen LogP contribution is 2.23. The van der Waals surface area contributed by atoms with E-state index < -0.39 is 0 Å². The summed E-state index contributed by atoms with van der Waals surface area (Å²) in [4.78, 5) is 6.73. The Labute approximate surface area is 93.7 Å². The van der Waals surface area contributed by atoms with Crippen molar-refractivity contribution in [3.8, 4) is 0 Å². The summed E-state index contributed by atoms with van der Waals surface area (Å²) >= 11 is 0. The Morgan fingerprint density at radius 2 is 2.00 bits per heavy atom. The molecule has 0 unspecified atom stereocenters. The Kier molecular flexibility index (Phi) is 4.92. The van der Waals surface area contributed by atoms with Gasteiger partial charge in [-0.1, -0.05) is 26.7 Å². The Hall–Kier alpha value is -0.730. The minimum absolute atomic E-state index is 0.589. The normalized spacial score (nSPS) is 18.8. The summed E-state index contributed by atoms with van der Waals surface area (Å²) in [6.45, 7) is 8.33. The molecule has 3 heteroatoms. The first kappa shape index (κ1) is 12.3. The molecule has 0 amide bonds. The van der Waals surface area contributed by atoms with E-state index in [-0.39, 0.29) is 0 Å². The van der Waals surface area contributed by atoms with Gasteiger partial charge < -0.3 is 10.6 Å². The molecule has 0 radical (unpaired) electrons. The Morgan fingerprint density at radius 3 is 2.47 bits per heavy atom. The van der Waals surface area contributed by atoms with Crippen molar-refractivity contribution >= 4 is 5.96 Å². The lowest BCUT2D eigenvalue weighted by Crippen LogP contribution is -2.43. The lowest BCUT2D eigenvalue weighted by molar-refractivity contribution is 0.324. The van der Waals surface area contributed by atoms with Gasteiger partial charge in [0.2, 0.25) is 0 Å². The highest BCUT2D eigenvalue weighted by Gasteiger charge is 2.22. The van der Waals surface area contributed by atoms with Crippen molar-refractivity contribution in [3.05, 3.63) is 0 Å². The van der Waals surface area contributed by atoms with Crippen LogP contribution in [0, 0.1) is 5.92 Å². The summed E-state index contributed by atoms with van der Waals surface area (Å²) in [6, 6.07) is 0.644. The van der Waals surface area contributed by atoms with Gasteiger partial charge in [0, 0.05) is 19.1 Å². The number of hydrogen-bond donors (Lipinski definition) is 1. The van der Waals surface area contributed by atoms with Gasteiger partial charge in [0.25, 0.3) is 0 Å². The Bertz CT molecular complexity index is 205. The highest BCUT2D eigenvalue weighted by atomic mass is 15.3. The summed E-state index contributed by atoms with van der Waals surface area (Å²) in [7, 11) is 0. The molecule has 0 heterocycles. The monoisotopic (exact) mass is 211 g/mol. The Balaban J connectivity index is 2.52. The summed E-state index contributed by atoms with van der Waals surface area (Å²) in [6.07, 6.45) is 5.26. The van der Waals surface area contributed by atoms with Crippen LogP contribution in [0.1, 0.15) is 46.5 Å². The second-order valence-electron chi connectivity index (χ2n) is 4.82. The molecule has 0 bridgehead atoms. The topological polar surface area (TPSA) is 41.6 Å². The summed E-state index contributed by atoms with van der Waals surface area (Å²) in [5.41, 5.74) is 6.03. The fourth-order valence-electron chi connectivity index (χ4n) is 2.19. The van der Waals surface area contributed by atoms with Crippen LogP contribution in [0.5, 0.6) is 0 Å². The number of guanidine groups is 1. The van der Waals surface area contributed by atoms with Gasteiger partial charge in [-0.2, -0.15) is 0 Å². The van der Waals surface area contributed by atoms with Crippen molar-refractivity contribution in [3.63, 3.8) is 0 Å². The summed E-state index contributed by atoms with van der Waals surface area (Å²) < 4.78 is 0. The number of nitrogens with two attached hydrogens (primary N) is 1. The van der Waals surface area contributed by atoms with Gasteiger partial charge in [0.1, 0.15) is 0 Å². The molecule has 0 atom stereocenters. The molecule has 88 valence electrons. The molecule has 0 aromatic heterocycles. The molecule has 0 aromatic carbocycles. The SMILES string of the molecule is CCN(C(N)=NCC(C)C)C1CCCC1. The van der Waals surface area contributed by atoms with E-state index in [1.807, 2.05) is 0 Å². The van der Waals surface area contributed by atoms with Gasteiger partial charge in [0.05, 0.1) is 0 Å². The Morgan fingerprint density at radius 1 is 1.40 bits per heavy atom. The number of nitrogens with zero attached hydrogens (tertiary/aromatic N) is 2. The average molecular weight is 211 g/mol. The lowest BCUT2D eigenvalue weighted by atomic mass is 10.2. The van der Waals surface area contributed by atoms with Crippen LogP contribution in [-0.2, 0) is 0 Å². The number of rotatable bonds is 4. The van der Waals surface area contributed by atoms with Gasteiger partial charge in [-0.05, 0) is 25.7 Å². The second kappa shape index (κ2) is 5.99. The smallest absolute Gasteiger partial charge is 0.191 e. The van der Waals surface area contributed by atoms with Gasteiger partial charge in [0.15, 0.2) is 5.96 Å². The van der Waals surface area contributed by atoms with Crippen molar-refractivity contribution in [2.75, 3.05) is 13.1 Å². The molecule has 1 aliphatic carbocycles. The molecule has 0 aromatic rings. The van der Waals surface area contributed by atoms with Gasteiger partial charge in [-0.25, -0.2) is 0 Å². The van der Waals surface area contributed by atoms with Crippen molar-refractivity contribution in [1.29, 1.82) is 0 Å². The maximum atomic E-state index is 6.03. The second-order valence-corrected chi connectivity index (χ2v) is 4.82. The predicted molar refractivity (Wildman–Crippen MR) is 66.0 cm³/mol. The van der Waals surface area contributed by atoms with Crippen molar-refractivity contribution < 1.29 is 0 Å². The third-order valence-corrected chi connectivity index (χ3v) is 3.02. The first-order valence-electron chi connectivity index (χ1n) is 6.21. The molecule has 2 N–H and O–H groups in total. The summed E-state index contributed by atoms with van der Waals surface area (Å²) in [5.74, 6) is 1.34. The maximum absolute atomic E-state index is 6.03. The van der Waals surface area contributed by atoms with Crippen molar-refractivity contribution in [2.24, 2.45) is 16.6 Å². The molecule has 1 fully saturated rings. The van der Waals surface area contributed by atoms with E-state index in [9.17, 15) is 0 Å². The van der Waals surface area contributed by atoms with Crippen LogP contribution in [0.15, 0.2) is 4.99 Å². The number of aliphatic imine (C=N–C) groups is 1. The van der Waals surface area contributed by atoms with E-state index in [4.69, 9.17) is 5.73 Å². The fourth-order valence-corrected chi connectivity index (χ4v) is 2.19. The van der Waals surface area contributed by atoms with Crippen LogP contribution in [0.2, 0.25) is 0 Å². The minimum Gasteiger partial charge on any atom is -0.370 e. The van der Waals surface area contributed by atoms with E-state index in [0.29, 0.717) is 12.0 Å². The van der Waals surface area contributed by atoms with Crippen LogP contribution >= 0.6 is 0 Å². The molecule has 3 nitrogen and oxygen atoms in total. The molecule has 1 saturated carbocycles. The van der Waals surface area contributed by atoms with Crippen LogP contribution in [0.3, 0.4) is 0 Å². The predicted octanol–water partition coefficient (Wildman–Crippen LogP) is 2.22. The maximum Gasteiger partial charge on any atom is 0.191 e. The summed E-state index contributed by atoms with van der Waals surface area (Å²) in [5, 5.41) is 0. The third kappa shape index (κ3) is 3.73. The van der Waals surface area contributed by atoms with Crippen LogP contribution in [-0.4, -0.2) is 30.0 Å². The van der Waals surface area contributed by atoms with E-state index in [0.717, 1.165) is 19.0 Å². The molecule has 0 spiro atoms. The lowest BCUT2D eigenvalue weighted by Gasteiger charge is -2.28. The first-order chi connectivity index (χ1) is 7.15. The molecular weight excluding hydrogens is 186 g/mol. The molecule has 15 heavy (non-hydrogen) atoms. The molecule has 0 saturated heterocycles. The van der Waals surface area contributed by atoms with E-state index in [2.05, 4.69) is 30.7 Å². The first-order valence-corrected chi connectivity index (χ1v) is 6.21. The molecular formula is C12H25N3. The van der Waals surface area contributed by atoms with Crippen LogP contribution < -0.4 is 5.73 Å². The zero-order chi connectivity index (χ0) is 11.3. The molecule has 0 aliphatic heterocycles.